The lowest BCUT2D eigenvalue weighted by atomic mass is 10.2. The first-order valence-electron chi connectivity index (χ1n) is 8.87. The van der Waals surface area contributed by atoms with Gasteiger partial charge in [-0.05, 0) is 24.1 Å². The van der Waals surface area contributed by atoms with E-state index in [1.54, 1.807) is 37.2 Å². The summed E-state index contributed by atoms with van der Waals surface area (Å²) in [6.07, 6.45) is 2.58. The van der Waals surface area contributed by atoms with Crippen LogP contribution < -0.4 is 10.1 Å². The Bertz CT molecular complexity index is 860. The van der Waals surface area contributed by atoms with Gasteiger partial charge < -0.3 is 24.5 Å². The Morgan fingerprint density at radius 3 is 2.46 bits per heavy atom. The number of ether oxygens (including phenoxy) is 2. The zero-order chi connectivity index (χ0) is 20.5. The van der Waals surface area contributed by atoms with E-state index in [9.17, 15) is 4.39 Å². The molecular weight excluding hydrogens is 365 g/mol. The number of anilines is 1. The molecule has 9 heteroatoms. The lowest BCUT2D eigenvalue weighted by molar-refractivity contribution is 0.0467. The van der Waals surface area contributed by atoms with Crippen molar-refractivity contribution >= 4 is 17.1 Å². The van der Waals surface area contributed by atoms with Crippen LogP contribution in [0.4, 0.5) is 10.3 Å². The van der Waals surface area contributed by atoms with Crippen molar-refractivity contribution in [3.63, 3.8) is 0 Å². The predicted molar refractivity (Wildman–Crippen MR) is 105 cm³/mol. The van der Waals surface area contributed by atoms with Crippen molar-refractivity contribution in [2.45, 2.75) is 26.0 Å². The lowest BCUT2D eigenvalue weighted by Crippen LogP contribution is -2.13. The van der Waals surface area contributed by atoms with Crippen LogP contribution >= 0.6 is 0 Å². The van der Waals surface area contributed by atoms with Crippen molar-refractivity contribution in [3.05, 3.63) is 42.0 Å². The molecule has 0 radical (unpaired) electrons. The number of hydrogen-bond acceptors (Lipinski definition) is 7. The van der Waals surface area contributed by atoms with Gasteiger partial charge in [0, 0.05) is 20.7 Å². The van der Waals surface area contributed by atoms with Gasteiger partial charge in [-0.3, -0.25) is 0 Å². The SMILES string of the molecule is CCC(CO)OC.COc1nc(NCc2ccc(F)cc2)nc2c1ncn2C. The third-order valence-electron chi connectivity index (χ3n) is 4.08. The number of hydrogen-bond donors (Lipinski definition) is 2. The molecule has 0 aliphatic rings. The second-order valence-corrected chi connectivity index (χ2v) is 6.01. The first-order valence-corrected chi connectivity index (χ1v) is 8.87. The third-order valence-corrected chi connectivity index (χ3v) is 4.08. The molecule has 1 atom stereocenters. The number of rotatable bonds is 7. The minimum atomic E-state index is -0.257. The Hall–Kier alpha value is -2.78. The standard InChI is InChI=1S/C14H14FN5O.C5H12O2/c1-20-8-17-11-12(20)18-14(19-13(11)21-2)16-7-9-3-5-10(15)6-4-9;1-3-5(4-6)7-2/h3-6,8H,7H2,1-2H3,(H,16,18,19);5-6H,3-4H2,1-2H3. The highest BCUT2D eigenvalue weighted by Crippen LogP contribution is 2.21. The third kappa shape index (κ3) is 5.61. The summed E-state index contributed by atoms with van der Waals surface area (Å²) in [7, 11) is 5.00. The Labute approximate surface area is 163 Å². The van der Waals surface area contributed by atoms with Gasteiger partial charge in [0.1, 0.15) is 5.82 Å². The van der Waals surface area contributed by atoms with Crippen molar-refractivity contribution in [1.82, 2.24) is 19.5 Å². The number of imidazole rings is 1. The van der Waals surface area contributed by atoms with Gasteiger partial charge in [-0.2, -0.15) is 9.97 Å². The fourth-order valence-electron chi connectivity index (χ4n) is 2.36. The molecule has 3 rings (SSSR count). The molecule has 1 unspecified atom stereocenters. The van der Waals surface area contributed by atoms with Crippen LogP contribution in [-0.4, -0.2) is 51.6 Å². The Morgan fingerprint density at radius 2 is 1.93 bits per heavy atom. The zero-order valence-electron chi connectivity index (χ0n) is 16.5. The molecule has 28 heavy (non-hydrogen) atoms. The number of methoxy groups -OCH3 is 2. The van der Waals surface area contributed by atoms with Crippen LogP contribution in [0, 0.1) is 5.82 Å². The van der Waals surface area contributed by atoms with Gasteiger partial charge in [-0.25, -0.2) is 9.37 Å². The van der Waals surface area contributed by atoms with Crippen LogP contribution in [0.15, 0.2) is 30.6 Å². The maximum Gasteiger partial charge on any atom is 0.246 e. The van der Waals surface area contributed by atoms with Crippen LogP contribution in [0.3, 0.4) is 0 Å². The van der Waals surface area contributed by atoms with Crippen molar-refractivity contribution in [2.24, 2.45) is 7.05 Å². The van der Waals surface area contributed by atoms with Gasteiger partial charge in [0.25, 0.3) is 0 Å². The highest BCUT2D eigenvalue weighted by Gasteiger charge is 2.12. The second kappa shape index (κ2) is 10.5. The summed E-state index contributed by atoms with van der Waals surface area (Å²) in [6.45, 7) is 2.60. The minimum absolute atomic E-state index is 0.0417. The fourth-order valence-corrected chi connectivity index (χ4v) is 2.36. The molecular formula is C19H26FN5O3. The number of nitrogens with one attached hydrogen (secondary N) is 1. The van der Waals surface area contributed by atoms with Gasteiger partial charge in [0.2, 0.25) is 11.8 Å². The first-order chi connectivity index (χ1) is 13.5. The molecule has 3 aromatic rings. The number of aliphatic hydroxyl groups excluding tert-OH is 1. The number of halogens is 1. The molecule has 2 heterocycles. The molecule has 1 aromatic carbocycles. The van der Waals surface area contributed by atoms with E-state index in [-0.39, 0.29) is 18.5 Å². The summed E-state index contributed by atoms with van der Waals surface area (Å²) in [5.41, 5.74) is 2.24. The summed E-state index contributed by atoms with van der Waals surface area (Å²) in [4.78, 5) is 12.9. The van der Waals surface area contributed by atoms with E-state index in [1.165, 1.54) is 12.1 Å². The molecule has 152 valence electrons. The van der Waals surface area contributed by atoms with Crippen molar-refractivity contribution in [3.8, 4) is 5.88 Å². The van der Waals surface area contributed by atoms with Crippen molar-refractivity contribution < 1.29 is 19.0 Å². The van der Waals surface area contributed by atoms with Crippen molar-refractivity contribution in [2.75, 3.05) is 26.1 Å². The molecule has 2 N–H and O–H groups in total. The Kier molecular flexibility index (Phi) is 8.09. The highest BCUT2D eigenvalue weighted by molar-refractivity contribution is 5.77. The molecule has 0 saturated carbocycles. The number of fused-ring (bicyclic) bond motifs is 1. The number of benzene rings is 1. The molecule has 2 aromatic heterocycles. The van der Waals surface area contributed by atoms with E-state index in [2.05, 4.69) is 20.3 Å². The molecule has 0 aliphatic carbocycles. The van der Waals surface area contributed by atoms with Gasteiger partial charge >= 0.3 is 0 Å². The van der Waals surface area contributed by atoms with E-state index < -0.39 is 0 Å². The zero-order valence-corrected chi connectivity index (χ0v) is 16.5. The lowest BCUT2D eigenvalue weighted by Gasteiger charge is -2.07. The second-order valence-electron chi connectivity index (χ2n) is 6.01. The van der Waals surface area contributed by atoms with Gasteiger partial charge in [-0.1, -0.05) is 19.1 Å². The average Bonchev–Trinajstić information content (AvgIpc) is 3.10. The quantitative estimate of drug-likeness (QED) is 0.639. The summed E-state index contributed by atoms with van der Waals surface area (Å²) in [5, 5.41) is 11.5. The van der Waals surface area contributed by atoms with Gasteiger partial charge in [0.15, 0.2) is 11.2 Å². The topological polar surface area (TPSA) is 94.3 Å². The van der Waals surface area contributed by atoms with Gasteiger partial charge in [0.05, 0.1) is 26.1 Å². The fraction of sp³-hybridized carbons (Fsp3) is 0.421. The summed E-state index contributed by atoms with van der Waals surface area (Å²) in [6, 6.07) is 6.26. The maximum atomic E-state index is 12.9. The number of nitrogens with zero attached hydrogens (tertiary/aromatic N) is 4. The summed E-state index contributed by atoms with van der Waals surface area (Å²) >= 11 is 0. The number of aliphatic hydroxyl groups is 1. The molecule has 0 bridgehead atoms. The predicted octanol–water partition coefficient (Wildman–Crippen LogP) is 2.53. The molecule has 8 nitrogen and oxygen atoms in total. The van der Waals surface area contributed by atoms with E-state index in [4.69, 9.17) is 14.6 Å². The molecule has 0 aliphatic heterocycles. The van der Waals surface area contributed by atoms with E-state index in [0.29, 0.717) is 29.5 Å². The molecule has 0 spiro atoms. The van der Waals surface area contributed by atoms with Crippen LogP contribution in [0.25, 0.3) is 11.2 Å². The van der Waals surface area contributed by atoms with Crippen molar-refractivity contribution in [1.29, 1.82) is 0 Å². The van der Waals surface area contributed by atoms with Crippen LogP contribution in [0.2, 0.25) is 0 Å². The van der Waals surface area contributed by atoms with E-state index in [0.717, 1.165) is 12.0 Å². The highest BCUT2D eigenvalue weighted by atomic mass is 19.1. The van der Waals surface area contributed by atoms with Crippen LogP contribution in [-0.2, 0) is 18.3 Å². The molecule has 0 amide bonds. The monoisotopic (exact) mass is 391 g/mol. The Balaban J connectivity index is 0.000000345. The molecule has 0 fully saturated rings. The largest absolute Gasteiger partial charge is 0.479 e. The van der Waals surface area contributed by atoms with Crippen LogP contribution in [0.5, 0.6) is 5.88 Å². The minimum Gasteiger partial charge on any atom is -0.479 e. The van der Waals surface area contributed by atoms with Crippen LogP contribution in [0.1, 0.15) is 18.9 Å². The number of aryl methyl sites for hydroxylation is 1. The maximum absolute atomic E-state index is 12.9. The van der Waals surface area contributed by atoms with E-state index in [1.807, 2.05) is 14.0 Å². The average molecular weight is 391 g/mol. The Morgan fingerprint density at radius 1 is 1.21 bits per heavy atom. The molecule has 0 saturated heterocycles. The van der Waals surface area contributed by atoms with Gasteiger partial charge in [-0.15, -0.1) is 0 Å². The summed E-state index contributed by atoms with van der Waals surface area (Å²) < 4.78 is 24.7. The smallest absolute Gasteiger partial charge is 0.246 e. The number of aromatic nitrogens is 4. The normalized spacial score (nSPS) is 11.6. The first kappa shape index (κ1) is 21.5. The summed E-state index contributed by atoms with van der Waals surface area (Å²) in [5.74, 6) is 0.599. The van der Waals surface area contributed by atoms with E-state index >= 15 is 0 Å².